The third-order valence-electron chi connectivity index (χ3n) is 3.78. The second-order valence-corrected chi connectivity index (χ2v) is 5.82. The first-order valence-corrected chi connectivity index (χ1v) is 7.39. The van der Waals surface area contributed by atoms with Crippen molar-refractivity contribution >= 4 is 17.2 Å². The van der Waals surface area contributed by atoms with Gasteiger partial charge in [0.15, 0.2) is 0 Å². The van der Waals surface area contributed by atoms with Crippen LogP contribution in [0.4, 0.5) is 0 Å². The van der Waals surface area contributed by atoms with Crippen molar-refractivity contribution in [2.45, 2.75) is 32.6 Å². The fourth-order valence-electron chi connectivity index (χ4n) is 2.62. The number of carbonyl (C=O) groups excluding carboxylic acids is 1. The second kappa shape index (κ2) is 6.29. The first kappa shape index (κ1) is 13.5. The molecule has 0 spiro atoms. The van der Waals surface area contributed by atoms with E-state index in [1.54, 1.807) is 5.51 Å². The van der Waals surface area contributed by atoms with Gasteiger partial charge in [-0.2, -0.15) is 0 Å². The van der Waals surface area contributed by atoms with E-state index in [9.17, 15) is 9.90 Å². The highest BCUT2D eigenvalue weighted by atomic mass is 32.1. The van der Waals surface area contributed by atoms with Crippen LogP contribution in [0.15, 0.2) is 5.51 Å². The minimum atomic E-state index is -0.0303. The van der Waals surface area contributed by atoms with Crippen LogP contribution >= 0.6 is 11.3 Å². The number of rotatable bonds is 4. The Morgan fingerprint density at radius 3 is 2.83 bits per heavy atom. The smallest absolute Gasteiger partial charge is 0.263 e. The third kappa shape index (κ3) is 3.09. The molecule has 1 aromatic heterocycles. The van der Waals surface area contributed by atoms with Crippen molar-refractivity contribution in [3.63, 3.8) is 0 Å². The summed E-state index contributed by atoms with van der Waals surface area (Å²) < 4.78 is 0. The Hall–Kier alpha value is -0.940. The van der Waals surface area contributed by atoms with Gasteiger partial charge in [0.05, 0.1) is 11.2 Å². The van der Waals surface area contributed by atoms with Gasteiger partial charge in [-0.25, -0.2) is 4.98 Å². The topological polar surface area (TPSA) is 62.2 Å². The SMILES string of the molecule is Cc1ncsc1C(=O)NCC1CCCCC1CO. The van der Waals surface area contributed by atoms with E-state index in [1.165, 1.54) is 24.2 Å². The molecule has 2 rings (SSSR count). The summed E-state index contributed by atoms with van der Waals surface area (Å²) in [7, 11) is 0. The van der Waals surface area contributed by atoms with Gasteiger partial charge in [-0.1, -0.05) is 12.8 Å². The molecule has 1 aliphatic rings. The van der Waals surface area contributed by atoms with Crippen LogP contribution in [0.25, 0.3) is 0 Å². The lowest BCUT2D eigenvalue weighted by molar-refractivity contribution is 0.0912. The lowest BCUT2D eigenvalue weighted by atomic mass is 9.79. The molecule has 0 bridgehead atoms. The fraction of sp³-hybridized carbons (Fsp3) is 0.692. The van der Waals surface area contributed by atoms with Crippen molar-refractivity contribution in [1.82, 2.24) is 10.3 Å². The number of aryl methyl sites for hydroxylation is 1. The zero-order valence-corrected chi connectivity index (χ0v) is 11.5. The zero-order valence-electron chi connectivity index (χ0n) is 10.7. The highest BCUT2D eigenvalue weighted by molar-refractivity contribution is 7.11. The molecule has 1 saturated carbocycles. The molecule has 1 aliphatic carbocycles. The summed E-state index contributed by atoms with van der Waals surface area (Å²) in [6.07, 6.45) is 4.59. The number of aliphatic hydroxyl groups is 1. The minimum absolute atomic E-state index is 0.0303. The van der Waals surface area contributed by atoms with E-state index in [0.717, 1.165) is 18.5 Å². The number of hydrogen-bond donors (Lipinski definition) is 2. The molecule has 0 aliphatic heterocycles. The molecule has 4 nitrogen and oxygen atoms in total. The van der Waals surface area contributed by atoms with Crippen molar-refractivity contribution < 1.29 is 9.90 Å². The van der Waals surface area contributed by atoms with Crippen molar-refractivity contribution in [3.8, 4) is 0 Å². The van der Waals surface area contributed by atoms with E-state index in [0.29, 0.717) is 23.3 Å². The largest absolute Gasteiger partial charge is 0.396 e. The van der Waals surface area contributed by atoms with Gasteiger partial charge in [0.25, 0.3) is 5.91 Å². The highest BCUT2D eigenvalue weighted by Crippen LogP contribution is 2.29. The summed E-state index contributed by atoms with van der Waals surface area (Å²) in [5.41, 5.74) is 2.49. The Morgan fingerprint density at radius 1 is 1.50 bits per heavy atom. The molecule has 2 unspecified atom stereocenters. The van der Waals surface area contributed by atoms with Crippen LogP contribution in [0.1, 0.15) is 41.0 Å². The lowest BCUT2D eigenvalue weighted by Gasteiger charge is -2.30. The molecule has 5 heteroatoms. The lowest BCUT2D eigenvalue weighted by Crippen LogP contribution is -2.35. The van der Waals surface area contributed by atoms with Gasteiger partial charge < -0.3 is 10.4 Å². The predicted molar refractivity (Wildman–Crippen MR) is 71.7 cm³/mol. The summed E-state index contributed by atoms with van der Waals surface area (Å²) >= 11 is 1.38. The Morgan fingerprint density at radius 2 is 2.22 bits per heavy atom. The number of nitrogens with zero attached hydrogens (tertiary/aromatic N) is 1. The molecule has 1 amide bonds. The monoisotopic (exact) mass is 268 g/mol. The molecule has 100 valence electrons. The highest BCUT2D eigenvalue weighted by Gasteiger charge is 2.25. The maximum atomic E-state index is 12.0. The number of aliphatic hydroxyl groups excluding tert-OH is 1. The molecule has 1 fully saturated rings. The zero-order chi connectivity index (χ0) is 13.0. The van der Waals surface area contributed by atoms with Crippen molar-refractivity contribution in [1.29, 1.82) is 0 Å². The van der Waals surface area contributed by atoms with E-state index in [2.05, 4.69) is 10.3 Å². The van der Waals surface area contributed by atoms with Crippen LogP contribution in [0, 0.1) is 18.8 Å². The van der Waals surface area contributed by atoms with Gasteiger partial charge >= 0.3 is 0 Å². The van der Waals surface area contributed by atoms with E-state index in [1.807, 2.05) is 6.92 Å². The van der Waals surface area contributed by atoms with Crippen LogP contribution in [-0.4, -0.2) is 29.1 Å². The minimum Gasteiger partial charge on any atom is -0.396 e. The van der Waals surface area contributed by atoms with Crippen LogP contribution in [0.5, 0.6) is 0 Å². The maximum Gasteiger partial charge on any atom is 0.263 e. The van der Waals surface area contributed by atoms with E-state index in [4.69, 9.17) is 0 Å². The number of nitrogens with one attached hydrogen (secondary N) is 1. The number of hydrogen-bond acceptors (Lipinski definition) is 4. The van der Waals surface area contributed by atoms with E-state index < -0.39 is 0 Å². The summed E-state index contributed by atoms with van der Waals surface area (Å²) in [6, 6.07) is 0. The Bertz CT molecular complexity index is 405. The standard InChI is InChI=1S/C13H20N2O2S/c1-9-12(18-8-15-9)13(17)14-6-10-4-2-3-5-11(10)7-16/h8,10-11,16H,2-7H2,1H3,(H,14,17). The summed E-state index contributed by atoms with van der Waals surface area (Å²) in [5.74, 6) is 0.736. The summed E-state index contributed by atoms with van der Waals surface area (Å²) in [5, 5.41) is 12.3. The van der Waals surface area contributed by atoms with Gasteiger partial charge in [-0.05, 0) is 31.6 Å². The second-order valence-electron chi connectivity index (χ2n) is 4.96. The van der Waals surface area contributed by atoms with Crippen LogP contribution in [-0.2, 0) is 0 Å². The molecule has 2 atom stereocenters. The molecule has 0 saturated heterocycles. The fourth-order valence-corrected chi connectivity index (χ4v) is 3.34. The average Bonchev–Trinajstić information content (AvgIpc) is 2.82. The summed E-state index contributed by atoms with van der Waals surface area (Å²) in [6.45, 7) is 2.75. The molecule has 0 radical (unpaired) electrons. The molecule has 2 N–H and O–H groups in total. The third-order valence-corrected chi connectivity index (χ3v) is 4.70. The first-order chi connectivity index (χ1) is 8.72. The van der Waals surface area contributed by atoms with Gasteiger partial charge in [0, 0.05) is 13.2 Å². The van der Waals surface area contributed by atoms with Gasteiger partial charge in [-0.3, -0.25) is 4.79 Å². The van der Waals surface area contributed by atoms with Crippen molar-refractivity contribution in [2.75, 3.05) is 13.2 Å². The van der Waals surface area contributed by atoms with Crippen molar-refractivity contribution in [2.24, 2.45) is 11.8 Å². The van der Waals surface area contributed by atoms with Gasteiger partial charge in [0.1, 0.15) is 4.88 Å². The Kier molecular flexibility index (Phi) is 4.72. The quantitative estimate of drug-likeness (QED) is 0.877. The maximum absolute atomic E-state index is 12.0. The molecule has 1 heterocycles. The molecule has 18 heavy (non-hydrogen) atoms. The van der Waals surface area contributed by atoms with Crippen LogP contribution in [0.3, 0.4) is 0 Å². The van der Waals surface area contributed by atoms with Crippen molar-refractivity contribution in [3.05, 3.63) is 16.1 Å². The molecule has 0 aromatic carbocycles. The number of amides is 1. The van der Waals surface area contributed by atoms with Gasteiger partial charge in [0.2, 0.25) is 0 Å². The van der Waals surface area contributed by atoms with Crippen LogP contribution in [0.2, 0.25) is 0 Å². The Labute approximate surface area is 111 Å². The summed E-state index contributed by atoms with van der Waals surface area (Å²) in [4.78, 5) is 16.7. The average molecular weight is 268 g/mol. The number of thiazole rings is 1. The molecule has 1 aromatic rings. The normalized spacial score (nSPS) is 23.9. The predicted octanol–water partition coefficient (Wildman–Crippen LogP) is 1.98. The van der Waals surface area contributed by atoms with Crippen LogP contribution < -0.4 is 5.32 Å². The number of aromatic nitrogens is 1. The molecular weight excluding hydrogens is 248 g/mol. The Balaban J connectivity index is 1.87. The van der Waals surface area contributed by atoms with Gasteiger partial charge in [-0.15, -0.1) is 11.3 Å². The first-order valence-electron chi connectivity index (χ1n) is 6.51. The van der Waals surface area contributed by atoms with E-state index in [-0.39, 0.29) is 12.5 Å². The molecular formula is C13H20N2O2S. The number of carbonyl (C=O) groups is 1. The van der Waals surface area contributed by atoms with E-state index >= 15 is 0 Å².